The number of esters is 2. The van der Waals surface area contributed by atoms with Crippen molar-refractivity contribution in [2.75, 3.05) is 40.7 Å². The summed E-state index contributed by atoms with van der Waals surface area (Å²) in [6.07, 6.45) is 12.9. The lowest BCUT2D eigenvalue weighted by Crippen LogP contribution is -3.00. The normalized spacial score (nSPS) is 42.9. The Bertz CT molecular complexity index is 3460. The summed E-state index contributed by atoms with van der Waals surface area (Å²) in [5, 5.41) is 22.0. The fourth-order valence-corrected chi connectivity index (χ4v) is 27.6. The zero-order chi connectivity index (χ0) is 75.1. The molecule has 0 amide bonds. The van der Waals surface area contributed by atoms with Gasteiger partial charge in [-0.15, -0.1) is 0 Å². The third-order valence-electron chi connectivity index (χ3n) is 32.3. The second kappa shape index (κ2) is 30.7. The third-order valence-corrected chi connectivity index (χ3v) is 32.3. The van der Waals surface area contributed by atoms with Crippen LogP contribution in [0, 0.1) is 101 Å². The number of fused-ring (bicyclic) bond motifs is 8. The minimum atomic E-state index is -1.29. The van der Waals surface area contributed by atoms with Crippen LogP contribution in [0.1, 0.15) is 239 Å². The lowest BCUT2D eigenvalue weighted by Gasteiger charge is -2.62. The summed E-state index contributed by atoms with van der Waals surface area (Å²) >= 11 is 0. The van der Waals surface area contributed by atoms with Crippen LogP contribution in [0.4, 0.5) is 0 Å². The third kappa shape index (κ3) is 13.7. The van der Waals surface area contributed by atoms with Crippen molar-refractivity contribution in [1.29, 1.82) is 0 Å². The van der Waals surface area contributed by atoms with Crippen molar-refractivity contribution in [3.63, 3.8) is 0 Å². The van der Waals surface area contributed by atoms with E-state index in [0.717, 1.165) is 90.4 Å². The van der Waals surface area contributed by atoms with Gasteiger partial charge in [0, 0.05) is 75.9 Å². The van der Waals surface area contributed by atoms with Crippen LogP contribution in [0.5, 0.6) is 0 Å². The molecule has 19 heteroatoms. The Morgan fingerprint density at radius 3 is 1.44 bits per heavy atom. The summed E-state index contributed by atoms with van der Waals surface area (Å²) in [7, 11) is 3.19. The van der Waals surface area contributed by atoms with Crippen LogP contribution in [0.25, 0.3) is 0 Å². The van der Waals surface area contributed by atoms with Crippen LogP contribution in [0.2, 0.25) is 0 Å². The van der Waals surface area contributed by atoms with Crippen molar-refractivity contribution in [3.8, 4) is 0 Å². The maximum atomic E-state index is 15.1. The highest BCUT2D eigenvalue weighted by atomic mass is 35.5. The molecule has 7 unspecified atom stereocenters. The van der Waals surface area contributed by atoms with Crippen molar-refractivity contribution in [3.05, 3.63) is 71.8 Å². The van der Waals surface area contributed by atoms with Gasteiger partial charge in [-0.2, -0.15) is 0 Å². The molecule has 107 heavy (non-hydrogen) atoms. The molecule has 604 valence electrons. The van der Waals surface area contributed by atoms with E-state index in [2.05, 4.69) is 122 Å². The first-order valence-corrected chi connectivity index (χ1v) is 40.2. The van der Waals surface area contributed by atoms with Crippen molar-refractivity contribution in [2.24, 2.45) is 101 Å². The highest BCUT2D eigenvalue weighted by Crippen LogP contribution is 2.91. The quantitative estimate of drug-likeness (QED) is 0.0987. The van der Waals surface area contributed by atoms with E-state index in [4.69, 9.17) is 47.4 Å². The van der Waals surface area contributed by atoms with Crippen LogP contribution in [-0.4, -0.2) is 152 Å². The number of methoxy groups -OCH3 is 2. The number of hydrogen-bond acceptors (Lipinski definition) is 17. The number of nitrogens with zero attached hydrogens (tertiary/aromatic N) is 1. The molecular formula is C88H139ClN2O16. The molecule has 0 aromatic heterocycles. The highest BCUT2D eigenvalue weighted by molar-refractivity contribution is 5.94. The molecule has 3 heterocycles. The smallest absolute Gasteiger partial charge is 0.303 e. The number of ether oxygens (including phenoxy) is 10. The van der Waals surface area contributed by atoms with E-state index in [0.29, 0.717) is 43.1 Å². The van der Waals surface area contributed by atoms with E-state index in [1.54, 1.807) is 41.9 Å². The maximum Gasteiger partial charge on any atom is 0.303 e. The van der Waals surface area contributed by atoms with Gasteiger partial charge in [-0.1, -0.05) is 145 Å². The lowest BCUT2D eigenvalue weighted by molar-refractivity contribution is -0.386. The Labute approximate surface area is 648 Å². The maximum absolute atomic E-state index is 15.1. The molecule has 5 N–H and O–H groups in total. The molecule has 13 aliphatic rings. The van der Waals surface area contributed by atoms with Crippen molar-refractivity contribution < 1.29 is 94.9 Å². The standard InChI is InChI=1S/C43H63NO7.C36H58O9.C7H9N.2CH4.ClH/c1-26-22-29(37(39(5,6)47)49-27(2)45)50-35-34(26)40(7)18-19-43-25-42(43)17-16-32(38(3,4)30(42)14-15-31(43)41(40,8)36(35)46)51-33-24-44(20-21-48-33)23-28-12-10-9-11-13-28;1-20-17-22(29(32(5,6)39)43-21(2)37)44-27-26(20)33(7)15-16-36-18-35(36)14-13-25(45-30(41-10)42-19-40-9)31(3,4)23(35)11-12-24(36)34(33,8)28(27)38;8-6-7-4-2-1-3-5-7;;;/h9-13,26,29-35,37,47H,14-25H2,1-8H3;20,22-27,29-30,39H,11-19H2,1-10H3;1-5H,6,8H2;2*1H4;1H/t26-,29?,30+,31?,32+,33?,34+,35?,37+,40-,41-,42-,43+;20-,22?,23+,24?,25+,26+,27?,29+,30+,33-,34-,35-,36+;;;;/m11..../s1. The van der Waals surface area contributed by atoms with E-state index in [1.165, 1.54) is 50.7 Å². The van der Waals surface area contributed by atoms with Crippen molar-refractivity contribution in [2.45, 2.75) is 314 Å². The lowest BCUT2D eigenvalue weighted by atomic mass is 9.41. The highest BCUT2D eigenvalue weighted by Gasteiger charge is 2.87. The molecule has 3 aliphatic heterocycles. The molecule has 0 bridgehead atoms. The molecule has 2 aromatic rings. The van der Waals surface area contributed by atoms with Gasteiger partial charge in [-0.3, -0.25) is 24.1 Å². The van der Waals surface area contributed by atoms with Crippen LogP contribution < -0.4 is 18.1 Å². The number of carbonyl (C=O) groups is 4. The molecule has 15 rings (SSSR count). The summed E-state index contributed by atoms with van der Waals surface area (Å²) < 4.78 is 60.7. The summed E-state index contributed by atoms with van der Waals surface area (Å²) in [6, 6.07) is 20.9. The first-order valence-electron chi connectivity index (χ1n) is 40.2. The minimum absolute atomic E-state index is 0. The number of carbonyl (C=O) groups excluding carboxylic acids is 4. The van der Waals surface area contributed by atoms with E-state index in [-0.39, 0.29) is 131 Å². The summed E-state index contributed by atoms with van der Waals surface area (Å²) in [6.45, 7) is 36.5. The van der Waals surface area contributed by atoms with Gasteiger partial charge in [0.15, 0.2) is 36.9 Å². The molecule has 10 aliphatic carbocycles. The number of rotatable bonds is 17. The number of halogens is 1. The number of quaternary nitrogens is 1. The number of ketones is 2. The Morgan fingerprint density at radius 1 is 0.607 bits per heavy atom. The predicted octanol–water partition coefficient (Wildman–Crippen LogP) is 11.3. The molecule has 13 fully saturated rings. The van der Waals surface area contributed by atoms with Gasteiger partial charge in [0.2, 0.25) is 0 Å². The topological polar surface area (TPSA) is 232 Å². The second-order valence-corrected chi connectivity index (χ2v) is 38.7. The van der Waals surface area contributed by atoms with Gasteiger partial charge < -0.3 is 75.7 Å². The molecule has 0 radical (unpaired) electrons. The SMILES string of the molecule is C.C.CC(=O)O[C@@H](C1C[C@@H](C)[C@H]2C(O1)C(=O)[C@@]1(C)C3CC[C@H]4C(C)(C)[C@@H](OC5CN(Cc6ccccc6)CCO5)CC[C@@]45C[C@@]35CC[C@]21C)C(C)(C)O.COCO[C@H](OC)O[C@H]1CC[C@]23C[C@]24CC[C@]2(C)[C@@H]5C(OC([C@H](OC(C)=O)C(C)(C)O)C[C@H]5C)C(=O)[C@@]2(C)C4CC[C@H]3C1(C)C.[Cl-].[NH3+]Cc1ccccc1. The van der Waals surface area contributed by atoms with Crippen LogP contribution in [-0.2, 0) is 79.6 Å². The Balaban J connectivity index is 0.000000203. The number of hydrogen-bond donors (Lipinski definition) is 3. The second-order valence-electron chi connectivity index (χ2n) is 38.7. The average Bonchev–Trinajstić information content (AvgIpc) is 1.46. The van der Waals surface area contributed by atoms with Crippen LogP contribution in [0.3, 0.4) is 0 Å². The average molecular weight is 1520 g/mol. The monoisotopic (exact) mass is 1510 g/mol. The first kappa shape index (κ1) is 85.9. The summed E-state index contributed by atoms with van der Waals surface area (Å²) in [5.41, 5.74) is 3.32. The number of morpholine rings is 1. The molecule has 3 saturated heterocycles. The van der Waals surface area contributed by atoms with E-state index >= 15 is 4.79 Å². The minimum Gasteiger partial charge on any atom is -1.00 e. The fraction of sp³-hybridized carbons (Fsp3) is 0.818. The molecule has 10 saturated carbocycles. The fourth-order valence-electron chi connectivity index (χ4n) is 27.6. The molecular weight excluding hydrogens is 1380 g/mol. The predicted molar refractivity (Wildman–Crippen MR) is 405 cm³/mol. The number of aliphatic hydroxyl groups is 2. The largest absolute Gasteiger partial charge is 1.00 e. The van der Waals surface area contributed by atoms with Gasteiger partial charge >= 0.3 is 11.9 Å². The van der Waals surface area contributed by atoms with Crippen LogP contribution in [0.15, 0.2) is 60.7 Å². The first-order chi connectivity index (χ1) is 48.8. The number of Topliss-reactive ketones (excluding diaryl/α,β-unsaturated/α-hetero) is 2. The van der Waals surface area contributed by atoms with Gasteiger partial charge in [0.25, 0.3) is 6.48 Å². The zero-order valence-electron chi connectivity index (χ0n) is 66.9. The summed E-state index contributed by atoms with van der Waals surface area (Å²) in [5.74, 6) is 1.96. The molecule has 18 nitrogen and oxygen atoms in total. The van der Waals surface area contributed by atoms with Crippen LogP contribution >= 0.6 is 0 Å². The summed E-state index contributed by atoms with van der Waals surface area (Å²) in [4.78, 5) is 56.6. The van der Waals surface area contributed by atoms with E-state index in [9.17, 15) is 24.6 Å². The van der Waals surface area contributed by atoms with Gasteiger partial charge in [0.05, 0.1) is 48.8 Å². The van der Waals surface area contributed by atoms with E-state index in [1.807, 2.05) is 18.2 Å². The van der Waals surface area contributed by atoms with Crippen molar-refractivity contribution in [1.82, 2.24) is 4.90 Å². The Kier molecular flexibility index (Phi) is 24.7. The van der Waals surface area contributed by atoms with Gasteiger partial charge in [-0.25, -0.2) is 0 Å². The molecule has 2 aromatic carbocycles. The molecule has 26 atom stereocenters. The van der Waals surface area contributed by atoms with Gasteiger partial charge in [0.1, 0.15) is 12.2 Å². The Hall–Kier alpha value is -3.47. The number of benzene rings is 2. The zero-order valence-corrected chi connectivity index (χ0v) is 67.6. The van der Waals surface area contributed by atoms with Gasteiger partial charge in [-0.05, 0) is 215 Å². The molecule has 4 spiro atoms. The Morgan fingerprint density at radius 2 is 1.03 bits per heavy atom. The van der Waals surface area contributed by atoms with Crippen molar-refractivity contribution >= 4 is 23.5 Å². The van der Waals surface area contributed by atoms with E-state index < -0.39 is 77.1 Å².